The highest BCUT2D eigenvalue weighted by atomic mass is 19.4. The molecule has 0 saturated carbocycles. The number of anilines is 2. The summed E-state index contributed by atoms with van der Waals surface area (Å²) in [6.07, 6.45) is -4.41. The fourth-order valence-electron chi connectivity index (χ4n) is 3.34. The molecule has 6 heteroatoms. The molecule has 4 aromatic rings. The molecular formula is C24H20F3N3. The maximum Gasteiger partial charge on any atom is 0.416 e. The van der Waals surface area contributed by atoms with Crippen LogP contribution >= 0.6 is 0 Å². The van der Waals surface area contributed by atoms with Gasteiger partial charge in [-0.15, -0.1) is 10.2 Å². The lowest BCUT2D eigenvalue weighted by atomic mass is 9.99. The molecule has 1 N–H and O–H groups in total. The van der Waals surface area contributed by atoms with E-state index >= 15 is 0 Å². The molecule has 0 saturated heterocycles. The fourth-order valence-corrected chi connectivity index (χ4v) is 3.34. The summed E-state index contributed by atoms with van der Waals surface area (Å²) in [5, 5.41) is 13.5. The molecule has 0 atom stereocenters. The molecule has 0 aliphatic carbocycles. The van der Waals surface area contributed by atoms with Crippen molar-refractivity contribution < 1.29 is 13.2 Å². The molecule has 152 valence electrons. The third-order valence-corrected chi connectivity index (χ3v) is 5.17. The fraction of sp³-hybridized carbons (Fsp3) is 0.167. The molecule has 1 aromatic heterocycles. The summed E-state index contributed by atoms with van der Waals surface area (Å²) >= 11 is 0. The number of halogens is 3. The third kappa shape index (κ3) is 3.85. The Morgan fingerprint density at radius 2 is 1.43 bits per heavy atom. The number of hydrogen-bond donors (Lipinski definition) is 1. The van der Waals surface area contributed by atoms with E-state index in [9.17, 15) is 13.2 Å². The summed E-state index contributed by atoms with van der Waals surface area (Å²) in [5.74, 6) is 0.420. The van der Waals surface area contributed by atoms with Gasteiger partial charge in [-0.2, -0.15) is 13.2 Å². The number of aromatic nitrogens is 2. The maximum atomic E-state index is 13.1. The van der Waals surface area contributed by atoms with Crippen LogP contribution in [-0.4, -0.2) is 10.2 Å². The Labute approximate surface area is 172 Å². The van der Waals surface area contributed by atoms with E-state index < -0.39 is 11.7 Å². The quantitative estimate of drug-likeness (QED) is 0.398. The minimum atomic E-state index is -4.41. The van der Waals surface area contributed by atoms with Gasteiger partial charge in [0.25, 0.3) is 0 Å². The monoisotopic (exact) mass is 407 g/mol. The predicted molar refractivity (Wildman–Crippen MR) is 114 cm³/mol. The molecule has 3 nitrogen and oxygen atoms in total. The van der Waals surface area contributed by atoms with Crippen LogP contribution in [0.2, 0.25) is 0 Å². The largest absolute Gasteiger partial charge is 0.416 e. The van der Waals surface area contributed by atoms with Crippen LogP contribution in [0.5, 0.6) is 0 Å². The maximum absolute atomic E-state index is 13.1. The molecule has 0 spiro atoms. The van der Waals surface area contributed by atoms with Gasteiger partial charge >= 0.3 is 6.18 Å². The van der Waals surface area contributed by atoms with E-state index in [1.807, 2.05) is 57.2 Å². The zero-order valence-corrected chi connectivity index (χ0v) is 16.8. The molecule has 0 unspecified atom stereocenters. The van der Waals surface area contributed by atoms with Crippen LogP contribution in [0.3, 0.4) is 0 Å². The first-order valence-electron chi connectivity index (χ1n) is 9.51. The number of aryl methyl sites for hydroxylation is 3. The van der Waals surface area contributed by atoms with Crippen LogP contribution in [0.15, 0.2) is 60.7 Å². The zero-order valence-electron chi connectivity index (χ0n) is 16.8. The molecule has 1 heterocycles. The number of alkyl halides is 3. The predicted octanol–water partition coefficient (Wildman–Crippen LogP) is 6.98. The SMILES string of the molecule is Cc1ccc(-c2nnc(Nc3cccc(C(F)(F)F)c3)c3cc(C)c(C)cc23)cc1. The van der Waals surface area contributed by atoms with Crippen molar-refractivity contribution >= 4 is 22.3 Å². The third-order valence-electron chi connectivity index (χ3n) is 5.17. The van der Waals surface area contributed by atoms with Crippen molar-refractivity contribution in [3.63, 3.8) is 0 Å². The first-order chi connectivity index (χ1) is 14.2. The normalized spacial score (nSPS) is 11.7. The molecule has 3 aromatic carbocycles. The van der Waals surface area contributed by atoms with Crippen LogP contribution < -0.4 is 5.32 Å². The number of rotatable bonds is 3. The van der Waals surface area contributed by atoms with Crippen molar-refractivity contribution in [2.75, 3.05) is 5.32 Å². The lowest BCUT2D eigenvalue weighted by Crippen LogP contribution is -2.06. The Balaban J connectivity index is 1.85. The summed E-state index contributed by atoms with van der Waals surface area (Å²) in [6.45, 7) is 6.03. The van der Waals surface area contributed by atoms with Gasteiger partial charge in [-0.1, -0.05) is 35.9 Å². The average Bonchev–Trinajstić information content (AvgIpc) is 2.70. The molecule has 0 amide bonds. The lowest BCUT2D eigenvalue weighted by Gasteiger charge is -2.14. The van der Waals surface area contributed by atoms with Gasteiger partial charge in [-0.05, 0) is 62.2 Å². The van der Waals surface area contributed by atoms with Crippen molar-refractivity contribution in [2.45, 2.75) is 26.9 Å². The van der Waals surface area contributed by atoms with Gasteiger partial charge in [-0.3, -0.25) is 0 Å². The van der Waals surface area contributed by atoms with Gasteiger partial charge in [0.1, 0.15) is 5.69 Å². The second-order valence-corrected chi connectivity index (χ2v) is 7.45. The van der Waals surface area contributed by atoms with Crippen LogP contribution in [0.1, 0.15) is 22.3 Å². The minimum Gasteiger partial charge on any atom is -0.338 e. The summed E-state index contributed by atoms with van der Waals surface area (Å²) in [7, 11) is 0. The number of nitrogens with one attached hydrogen (secondary N) is 1. The lowest BCUT2D eigenvalue weighted by molar-refractivity contribution is -0.137. The van der Waals surface area contributed by atoms with Crippen LogP contribution in [-0.2, 0) is 6.18 Å². The highest BCUT2D eigenvalue weighted by molar-refractivity contribution is 6.01. The van der Waals surface area contributed by atoms with E-state index in [0.717, 1.165) is 50.9 Å². The molecular weight excluding hydrogens is 387 g/mol. The van der Waals surface area contributed by atoms with Crippen molar-refractivity contribution in [1.82, 2.24) is 10.2 Å². The summed E-state index contributed by atoms with van der Waals surface area (Å²) in [4.78, 5) is 0. The van der Waals surface area contributed by atoms with Gasteiger partial charge in [-0.25, -0.2) is 0 Å². The smallest absolute Gasteiger partial charge is 0.338 e. The second kappa shape index (κ2) is 7.44. The average molecular weight is 407 g/mol. The number of hydrogen-bond acceptors (Lipinski definition) is 3. The Kier molecular flexibility index (Phi) is 4.94. The van der Waals surface area contributed by atoms with Crippen molar-refractivity contribution in [3.8, 4) is 11.3 Å². The Hall–Kier alpha value is -3.41. The summed E-state index contributed by atoms with van der Waals surface area (Å²) in [6, 6.07) is 17.1. The van der Waals surface area contributed by atoms with E-state index in [1.54, 1.807) is 6.07 Å². The van der Waals surface area contributed by atoms with Crippen LogP contribution in [0.4, 0.5) is 24.7 Å². The van der Waals surface area contributed by atoms with E-state index in [2.05, 4.69) is 15.5 Å². The first-order valence-corrected chi connectivity index (χ1v) is 9.51. The molecule has 0 fully saturated rings. The molecule has 4 rings (SSSR count). The Morgan fingerprint density at radius 3 is 2.10 bits per heavy atom. The summed E-state index contributed by atoms with van der Waals surface area (Å²) < 4.78 is 39.2. The number of nitrogens with zero attached hydrogens (tertiary/aromatic N) is 2. The van der Waals surface area contributed by atoms with Crippen molar-refractivity contribution in [1.29, 1.82) is 0 Å². The van der Waals surface area contributed by atoms with Crippen molar-refractivity contribution in [2.24, 2.45) is 0 Å². The molecule has 0 aliphatic rings. The molecule has 0 bridgehead atoms. The number of benzene rings is 3. The Bertz CT molecular complexity index is 1230. The van der Waals surface area contributed by atoms with Crippen molar-refractivity contribution in [3.05, 3.63) is 82.9 Å². The van der Waals surface area contributed by atoms with E-state index in [0.29, 0.717) is 11.5 Å². The van der Waals surface area contributed by atoms with Gasteiger partial charge in [0, 0.05) is 22.0 Å². The van der Waals surface area contributed by atoms with E-state index in [1.165, 1.54) is 6.07 Å². The topological polar surface area (TPSA) is 37.8 Å². The standard InChI is InChI=1S/C24H20F3N3/c1-14-7-9-17(10-8-14)22-20-11-15(2)16(3)12-21(20)23(30-29-22)28-19-6-4-5-18(13-19)24(25,26)27/h4-13H,1-3H3,(H,28,30). The first kappa shape index (κ1) is 19.9. The van der Waals surface area contributed by atoms with Gasteiger partial charge in [0.15, 0.2) is 5.82 Å². The number of fused-ring (bicyclic) bond motifs is 1. The zero-order chi connectivity index (χ0) is 21.5. The van der Waals surface area contributed by atoms with Gasteiger partial charge < -0.3 is 5.32 Å². The van der Waals surface area contributed by atoms with Gasteiger partial charge in [0.2, 0.25) is 0 Å². The van der Waals surface area contributed by atoms with Crippen LogP contribution in [0.25, 0.3) is 22.0 Å². The van der Waals surface area contributed by atoms with Crippen LogP contribution in [0, 0.1) is 20.8 Å². The second-order valence-electron chi connectivity index (χ2n) is 7.45. The molecule has 30 heavy (non-hydrogen) atoms. The summed E-state index contributed by atoms with van der Waals surface area (Å²) in [5.41, 5.74) is 4.58. The Morgan fingerprint density at radius 1 is 0.767 bits per heavy atom. The van der Waals surface area contributed by atoms with Gasteiger partial charge in [0.05, 0.1) is 5.56 Å². The van der Waals surface area contributed by atoms with E-state index in [4.69, 9.17) is 0 Å². The highest BCUT2D eigenvalue weighted by Crippen LogP contribution is 2.35. The van der Waals surface area contributed by atoms with E-state index in [-0.39, 0.29) is 0 Å². The highest BCUT2D eigenvalue weighted by Gasteiger charge is 2.30. The minimum absolute atomic E-state index is 0.307. The molecule has 0 radical (unpaired) electrons. The molecule has 0 aliphatic heterocycles.